The van der Waals surface area contributed by atoms with E-state index >= 15 is 0 Å². The highest BCUT2D eigenvalue weighted by atomic mass is 19.4. The van der Waals surface area contributed by atoms with Crippen LogP contribution < -0.4 is 5.73 Å². The molecule has 1 rings (SSSR count). The van der Waals surface area contributed by atoms with Crippen LogP contribution in [0.25, 0.3) is 0 Å². The zero-order valence-corrected chi connectivity index (χ0v) is 8.17. The van der Waals surface area contributed by atoms with Crippen LogP contribution >= 0.6 is 0 Å². The fourth-order valence-corrected chi connectivity index (χ4v) is 0.817. The van der Waals surface area contributed by atoms with Gasteiger partial charge in [-0.2, -0.15) is 13.2 Å². The largest absolute Gasteiger partial charge is 0.433 e. The molecule has 0 radical (unpaired) electrons. The molecule has 0 bridgehead atoms. The molecule has 7 heteroatoms. The summed E-state index contributed by atoms with van der Waals surface area (Å²) < 4.78 is 36.4. The summed E-state index contributed by atoms with van der Waals surface area (Å²) in [6.07, 6.45) is -2.96. The Morgan fingerprint density at radius 3 is 2.20 bits per heavy atom. The fraction of sp³-hybridized carbons (Fsp3) is 0.375. The van der Waals surface area contributed by atoms with Gasteiger partial charge in [0.2, 0.25) is 6.41 Å². The van der Waals surface area contributed by atoms with E-state index in [1.54, 1.807) is 0 Å². The van der Waals surface area contributed by atoms with Gasteiger partial charge in [-0.05, 0) is 19.4 Å². The van der Waals surface area contributed by atoms with Crippen molar-refractivity contribution in [3.8, 4) is 0 Å². The summed E-state index contributed by atoms with van der Waals surface area (Å²) in [6, 6.07) is 0. The number of rotatable bonds is 0. The second-order valence-corrected chi connectivity index (χ2v) is 2.58. The van der Waals surface area contributed by atoms with E-state index < -0.39 is 11.9 Å². The molecule has 1 heterocycles. The average Bonchev–Trinajstić information content (AvgIpc) is 2.09. The molecule has 0 aliphatic rings. The zero-order chi connectivity index (χ0) is 12.1. The maximum Gasteiger partial charge on any atom is 0.433 e. The first-order chi connectivity index (χ1) is 6.82. The molecule has 0 saturated carbocycles. The summed E-state index contributed by atoms with van der Waals surface area (Å²) in [5, 5.41) is 0. The first-order valence-electron chi connectivity index (χ1n) is 3.85. The van der Waals surface area contributed by atoms with Crippen LogP contribution in [-0.2, 0) is 11.0 Å². The Morgan fingerprint density at radius 1 is 1.40 bits per heavy atom. The molecule has 2 N–H and O–H groups in total. The number of aryl methyl sites for hydroxylation is 2. The smallest absolute Gasteiger partial charge is 0.372 e. The third-order valence-corrected chi connectivity index (χ3v) is 1.36. The summed E-state index contributed by atoms with van der Waals surface area (Å²) in [5.41, 5.74) is 3.36. The predicted molar refractivity (Wildman–Crippen MR) is 46.8 cm³/mol. The van der Waals surface area contributed by atoms with Crippen molar-refractivity contribution >= 4 is 6.41 Å². The van der Waals surface area contributed by atoms with Crippen LogP contribution in [0, 0.1) is 13.8 Å². The number of halogens is 3. The minimum absolute atomic E-state index is 0.0492. The number of hydrogen-bond donors (Lipinski definition) is 1. The van der Waals surface area contributed by atoms with Crippen molar-refractivity contribution in [2.75, 3.05) is 0 Å². The molecule has 1 aromatic rings. The number of primary amides is 1. The molecule has 15 heavy (non-hydrogen) atoms. The van der Waals surface area contributed by atoms with Gasteiger partial charge in [0.05, 0.1) is 0 Å². The summed E-state index contributed by atoms with van der Waals surface area (Å²) >= 11 is 0. The van der Waals surface area contributed by atoms with Crippen molar-refractivity contribution in [3.05, 3.63) is 23.3 Å². The van der Waals surface area contributed by atoms with Gasteiger partial charge >= 0.3 is 6.18 Å². The highest BCUT2D eigenvalue weighted by Gasteiger charge is 2.34. The van der Waals surface area contributed by atoms with Crippen molar-refractivity contribution in [2.45, 2.75) is 20.0 Å². The van der Waals surface area contributed by atoms with Gasteiger partial charge in [0, 0.05) is 6.20 Å². The fourth-order valence-electron chi connectivity index (χ4n) is 0.817. The van der Waals surface area contributed by atoms with Crippen LogP contribution in [0.4, 0.5) is 13.2 Å². The van der Waals surface area contributed by atoms with Crippen molar-refractivity contribution in [1.29, 1.82) is 0 Å². The summed E-state index contributed by atoms with van der Waals surface area (Å²) in [5.74, 6) is 0.132. The maximum atomic E-state index is 12.1. The molecule has 1 aromatic heterocycles. The third-order valence-electron chi connectivity index (χ3n) is 1.36. The third kappa shape index (κ3) is 4.39. The Morgan fingerprint density at radius 2 is 1.87 bits per heavy atom. The number of nitrogens with zero attached hydrogens (tertiary/aromatic N) is 2. The Bertz CT molecular complexity index is 338. The Hall–Kier alpha value is -1.66. The topological polar surface area (TPSA) is 68.9 Å². The molecule has 0 aliphatic carbocycles. The quantitative estimate of drug-likeness (QED) is 0.669. The minimum Gasteiger partial charge on any atom is -0.372 e. The number of amides is 1. The molecule has 0 fully saturated rings. The van der Waals surface area contributed by atoms with E-state index in [9.17, 15) is 13.2 Å². The highest BCUT2D eigenvalue weighted by molar-refractivity contribution is 5.42. The first kappa shape index (κ1) is 13.3. The SMILES string of the molecule is Cc1ncc(C)c(C(F)(F)F)n1.NC=O. The van der Waals surface area contributed by atoms with E-state index in [2.05, 4.69) is 15.7 Å². The maximum absolute atomic E-state index is 12.1. The number of nitrogens with two attached hydrogens (primary N) is 1. The van der Waals surface area contributed by atoms with E-state index in [1.807, 2.05) is 0 Å². The molecule has 84 valence electrons. The van der Waals surface area contributed by atoms with Crippen molar-refractivity contribution < 1.29 is 18.0 Å². The number of carbonyl (C=O) groups excluding carboxylic acids is 1. The lowest BCUT2D eigenvalue weighted by molar-refractivity contribution is -0.141. The van der Waals surface area contributed by atoms with Crippen LogP contribution in [-0.4, -0.2) is 16.4 Å². The van der Waals surface area contributed by atoms with Crippen LogP contribution in [0.2, 0.25) is 0 Å². The molecule has 4 nitrogen and oxygen atoms in total. The lowest BCUT2D eigenvalue weighted by Gasteiger charge is -2.08. The second kappa shape index (κ2) is 5.28. The highest BCUT2D eigenvalue weighted by Crippen LogP contribution is 2.29. The molecule has 0 saturated heterocycles. The van der Waals surface area contributed by atoms with Gasteiger partial charge in [0.25, 0.3) is 0 Å². The summed E-state index contributed by atoms with van der Waals surface area (Å²) in [4.78, 5) is 15.5. The van der Waals surface area contributed by atoms with Crippen LogP contribution in [0.1, 0.15) is 17.1 Å². The number of alkyl halides is 3. The monoisotopic (exact) mass is 221 g/mol. The Kier molecular flexibility index (Phi) is 4.69. The first-order valence-corrected chi connectivity index (χ1v) is 3.85. The van der Waals surface area contributed by atoms with Gasteiger partial charge in [-0.3, -0.25) is 4.79 Å². The minimum atomic E-state index is -4.38. The molecule has 0 unspecified atom stereocenters. The van der Waals surface area contributed by atoms with Crippen LogP contribution in [0.15, 0.2) is 6.20 Å². The molecular weight excluding hydrogens is 211 g/mol. The van der Waals surface area contributed by atoms with Gasteiger partial charge in [0.1, 0.15) is 5.82 Å². The van der Waals surface area contributed by atoms with E-state index in [0.717, 1.165) is 0 Å². The van der Waals surface area contributed by atoms with Gasteiger partial charge in [-0.15, -0.1) is 0 Å². The van der Waals surface area contributed by atoms with E-state index in [4.69, 9.17) is 4.79 Å². The number of aromatic nitrogens is 2. The lowest BCUT2D eigenvalue weighted by Crippen LogP contribution is -2.11. The van der Waals surface area contributed by atoms with Gasteiger partial charge in [0.15, 0.2) is 5.69 Å². The molecular formula is C8H10F3N3O. The lowest BCUT2D eigenvalue weighted by atomic mass is 10.2. The van der Waals surface area contributed by atoms with Crippen molar-refractivity contribution in [1.82, 2.24) is 9.97 Å². The normalized spacial score (nSPS) is 10.2. The molecule has 0 spiro atoms. The molecule has 0 atom stereocenters. The molecule has 0 aromatic carbocycles. The summed E-state index contributed by atoms with van der Waals surface area (Å²) in [6.45, 7) is 2.76. The van der Waals surface area contributed by atoms with Crippen LogP contribution in [0.5, 0.6) is 0 Å². The molecule has 0 aliphatic heterocycles. The van der Waals surface area contributed by atoms with Gasteiger partial charge in [-0.25, -0.2) is 9.97 Å². The van der Waals surface area contributed by atoms with Crippen molar-refractivity contribution in [2.24, 2.45) is 5.73 Å². The van der Waals surface area contributed by atoms with Crippen molar-refractivity contribution in [3.63, 3.8) is 0 Å². The van der Waals surface area contributed by atoms with E-state index in [1.165, 1.54) is 20.0 Å². The second-order valence-electron chi connectivity index (χ2n) is 2.58. The molecule has 1 amide bonds. The average molecular weight is 221 g/mol. The van der Waals surface area contributed by atoms with Crippen LogP contribution in [0.3, 0.4) is 0 Å². The zero-order valence-electron chi connectivity index (χ0n) is 8.17. The van der Waals surface area contributed by atoms with E-state index in [-0.39, 0.29) is 17.8 Å². The number of carbonyl (C=O) groups is 1. The van der Waals surface area contributed by atoms with Gasteiger partial charge < -0.3 is 5.73 Å². The van der Waals surface area contributed by atoms with E-state index in [0.29, 0.717) is 0 Å². The Balaban J connectivity index is 0.000000583. The predicted octanol–water partition coefficient (Wildman–Crippen LogP) is 1.21. The Labute approximate surface area is 84.3 Å². The van der Waals surface area contributed by atoms with Gasteiger partial charge in [-0.1, -0.05) is 0 Å². The number of hydrogen-bond acceptors (Lipinski definition) is 3. The standard InChI is InChI=1S/C7H7F3N2.CH3NO/c1-4-3-11-5(2)12-6(4)7(8,9)10;2-1-3/h3H,1-2H3;1H,(H2,2,3). The summed E-state index contributed by atoms with van der Waals surface area (Å²) in [7, 11) is 0.